The largest absolute Gasteiger partial charge is 0.348 e. The molecule has 1 saturated heterocycles. The fourth-order valence-electron chi connectivity index (χ4n) is 7.96. The summed E-state index contributed by atoms with van der Waals surface area (Å²) >= 11 is 0. The van der Waals surface area contributed by atoms with Crippen LogP contribution in [0.3, 0.4) is 0 Å². The number of fused-ring (bicyclic) bond motifs is 13. The fourth-order valence-corrected chi connectivity index (χ4v) is 7.96. The molecule has 9 rings (SSSR count). The third-order valence-corrected chi connectivity index (χ3v) is 9.64. The van der Waals surface area contributed by atoms with Gasteiger partial charge in [0.05, 0.1) is 27.6 Å². The minimum absolute atomic E-state index is 0.0102. The number of aromatic nitrogens is 2. The molecule has 3 atom stereocenters. The van der Waals surface area contributed by atoms with E-state index in [1.807, 2.05) is 54.4 Å². The molecule has 2 aromatic heterocycles. The Morgan fingerprint density at radius 3 is 2.39 bits per heavy atom. The Hall–Kier alpha value is -4.62. The number of ether oxygens (including phenoxy) is 1. The van der Waals surface area contributed by atoms with Crippen molar-refractivity contribution >= 4 is 55.4 Å². The Balaban J connectivity index is 1.40. The predicted molar refractivity (Wildman–Crippen MR) is 159 cm³/mol. The number of amides is 2. The zero-order chi connectivity index (χ0) is 27.6. The highest BCUT2D eigenvalue weighted by Crippen LogP contribution is 2.53. The van der Waals surface area contributed by atoms with Crippen LogP contribution in [0.2, 0.25) is 0 Å². The first-order chi connectivity index (χ1) is 20.0. The van der Waals surface area contributed by atoms with Gasteiger partial charge in [0.25, 0.3) is 11.8 Å². The fraction of sp³-hybridized carbons (Fsp3) is 0.235. The van der Waals surface area contributed by atoms with E-state index in [9.17, 15) is 9.59 Å². The van der Waals surface area contributed by atoms with Crippen LogP contribution in [-0.4, -0.2) is 38.9 Å². The van der Waals surface area contributed by atoms with E-state index < -0.39 is 5.72 Å². The standard InChI is InChI=1S/C34H28N4O3/c1-34-17-20(36(2)33(40)19-10-4-3-5-11-19)16-26(41-34)37-24-14-8-6-12-21(24)28-29-23(18-35-32(29)39)27-22-13-7-9-15-25(22)38(34)31(27)30(28)37/h3-15,20,26H,16-18H2,1-2H3,(H,35,39)/t20-,26-,34+/m1/s1. The number of nitrogens with one attached hydrogen (secondary N) is 1. The molecule has 41 heavy (non-hydrogen) atoms. The van der Waals surface area contributed by atoms with Crippen molar-refractivity contribution in [3.05, 3.63) is 95.6 Å². The molecule has 7 nitrogen and oxygen atoms in total. The first-order valence-electron chi connectivity index (χ1n) is 14.3. The van der Waals surface area contributed by atoms with Crippen LogP contribution in [0.1, 0.15) is 52.3 Å². The maximum atomic E-state index is 13.7. The van der Waals surface area contributed by atoms with Gasteiger partial charge in [0.1, 0.15) is 12.0 Å². The van der Waals surface area contributed by atoms with Crippen molar-refractivity contribution in [1.29, 1.82) is 0 Å². The predicted octanol–water partition coefficient (Wildman–Crippen LogP) is 6.28. The monoisotopic (exact) mass is 540 g/mol. The number of rotatable bonds is 2. The van der Waals surface area contributed by atoms with E-state index in [1.54, 1.807) is 0 Å². The van der Waals surface area contributed by atoms with Gasteiger partial charge in [-0.15, -0.1) is 0 Å². The van der Waals surface area contributed by atoms with Crippen molar-refractivity contribution < 1.29 is 14.3 Å². The van der Waals surface area contributed by atoms with Crippen LogP contribution in [0.25, 0.3) is 43.6 Å². The minimum atomic E-state index is -0.725. The van der Waals surface area contributed by atoms with Gasteiger partial charge in [0.2, 0.25) is 0 Å². The van der Waals surface area contributed by atoms with Gasteiger partial charge in [-0.25, -0.2) is 0 Å². The number of para-hydroxylation sites is 2. The molecule has 202 valence electrons. The van der Waals surface area contributed by atoms with Crippen LogP contribution in [0.4, 0.5) is 0 Å². The highest BCUT2D eigenvalue weighted by molar-refractivity contribution is 6.31. The Morgan fingerprint density at radius 1 is 0.927 bits per heavy atom. The maximum Gasteiger partial charge on any atom is 0.253 e. The Morgan fingerprint density at radius 2 is 1.61 bits per heavy atom. The van der Waals surface area contributed by atoms with Crippen LogP contribution in [0, 0.1) is 0 Å². The number of carbonyl (C=O) groups is 2. The van der Waals surface area contributed by atoms with Crippen LogP contribution in [0.5, 0.6) is 0 Å². The van der Waals surface area contributed by atoms with E-state index in [-0.39, 0.29) is 24.1 Å². The van der Waals surface area contributed by atoms with Crippen LogP contribution >= 0.6 is 0 Å². The molecule has 0 unspecified atom stereocenters. The first-order valence-corrected chi connectivity index (χ1v) is 14.3. The molecule has 4 aromatic carbocycles. The average Bonchev–Trinajstić information content (AvgIpc) is 3.64. The quantitative estimate of drug-likeness (QED) is 0.281. The van der Waals surface area contributed by atoms with Crippen molar-refractivity contribution in [2.24, 2.45) is 0 Å². The Kier molecular flexibility index (Phi) is 4.38. The third-order valence-electron chi connectivity index (χ3n) is 9.64. The highest BCUT2D eigenvalue weighted by Gasteiger charge is 2.48. The summed E-state index contributed by atoms with van der Waals surface area (Å²) in [6, 6.07) is 26.2. The summed E-state index contributed by atoms with van der Waals surface area (Å²) in [6.45, 7) is 2.67. The number of hydrogen-bond donors (Lipinski definition) is 1. The van der Waals surface area contributed by atoms with Gasteiger partial charge < -0.3 is 24.1 Å². The summed E-state index contributed by atoms with van der Waals surface area (Å²) in [4.78, 5) is 29.0. The Labute approximate surface area is 235 Å². The van der Waals surface area contributed by atoms with Gasteiger partial charge in [0, 0.05) is 59.6 Å². The van der Waals surface area contributed by atoms with Gasteiger partial charge in [-0.2, -0.15) is 0 Å². The lowest BCUT2D eigenvalue weighted by Crippen LogP contribution is -2.50. The zero-order valence-electron chi connectivity index (χ0n) is 22.8. The molecule has 1 N–H and O–H groups in total. The van der Waals surface area contributed by atoms with E-state index >= 15 is 0 Å². The van der Waals surface area contributed by atoms with E-state index in [4.69, 9.17) is 4.74 Å². The molecule has 3 aliphatic rings. The summed E-state index contributed by atoms with van der Waals surface area (Å²) in [5, 5.41) is 7.41. The van der Waals surface area contributed by atoms with Crippen molar-refractivity contribution in [3.8, 4) is 0 Å². The van der Waals surface area contributed by atoms with Crippen molar-refractivity contribution in [2.75, 3.05) is 7.05 Å². The number of benzene rings is 4. The molecule has 0 radical (unpaired) electrons. The molecule has 2 bridgehead atoms. The van der Waals surface area contributed by atoms with Gasteiger partial charge >= 0.3 is 0 Å². The number of nitrogens with zero attached hydrogens (tertiary/aromatic N) is 3. The second-order valence-corrected chi connectivity index (χ2v) is 11.8. The molecule has 5 heterocycles. The van der Waals surface area contributed by atoms with Gasteiger partial charge in [-0.05, 0) is 36.8 Å². The lowest BCUT2D eigenvalue weighted by atomic mass is 9.95. The molecule has 0 spiro atoms. The van der Waals surface area contributed by atoms with Crippen molar-refractivity contribution in [1.82, 2.24) is 19.4 Å². The molecule has 3 aliphatic heterocycles. The molecular weight excluding hydrogens is 512 g/mol. The Bertz CT molecular complexity index is 2120. The van der Waals surface area contributed by atoms with Gasteiger partial charge in [-0.1, -0.05) is 54.6 Å². The molecule has 7 heteroatoms. The average molecular weight is 541 g/mol. The highest BCUT2D eigenvalue weighted by atomic mass is 16.5. The van der Waals surface area contributed by atoms with Gasteiger partial charge in [-0.3, -0.25) is 9.59 Å². The van der Waals surface area contributed by atoms with E-state index in [0.29, 0.717) is 24.9 Å². The molecule has 0 saturated carbocycles. The van der Waals surface area contributed by atoms with Crippen LogP contribution in [-0.2, 0) is 17.0 Å². The smallest absolute Gasteiger partial charge is 0.253 e. The molecule has 0 aliphatic carbocycles. The second-order valence-electron chi connectivity index (χ2n) is 11.8. The lowest BCUT2D eigenvalue weighted by molar-refractivity contribution is -0.201. The number of hydrogen-bond acceptors (Lipinski definition) is 3. The van der Waals surface area contributed by atoms with E-state index in [0.717, 1.165) is 54.7 Å². The third kappa shape index (κ3) is 2.81. The summed E-state index contributed by atoms with van der Waals surface area (Å²) < 4.78 is 11.8. The maximum absolute atomic E-state index is 13.7. The van der Waals surface area contributed by atoms with E-state index in [2.05, 4.69) is 57.8 Å². The summed E-state index contributed by atoms with van der Waals surface area (Å²) in [7, 11) is 1.92. The van der Waals surface area contributed by atoms with Crippen LogP contribution in [0.15, 0.2) is 78.9 Å². The molecular formula is C34H28N4O3. The molecule has 2 amide bonds. The summed E-state index contributed by atoms with van der Waals surface area (Å²) in [6.07, 6.45) is 0.966. The topological polar surface area (TPSA) is 68.5 Å². The summed E-state index contributed by atoms with van der Waals surface area (Å²) in [5.74, 6) is -0.0110. The molecule has 1 fully saturated rings. The van der Waals surface area contributed by atoms with Gasteiger partial charge in [0.15, 0.2) is 0 Å². The van der Waals surface area contributed by atoms with Crippen molar-refractivity contribution in [2.45, 2.75) is 44.3 Å². The normalized spacial score (nSPS) is 22.9. The molecule has 6 aromatic rings. The van der Waals surface area contributed by atoms with Crippen LogP contribution < -0.4 is 5.32 Å². The SMILES string of the molecule is CN(C(=O)c1ccccc1)[C@@H]1C[C@H]2O[C@@](C)(C1)n1c3ccccc3c3c4c(c5c6ccccc6n2c5c31)C(=O)NC4. The first kappa shape index (κ1) is 23.1. The van der Waals surface area contributed by atoms with E-state index in [1.165, 1.54) is 0 Å². The lowest BCUT2D eigenvalue weighted by Gasteiger charge is -2.45. The second kappa shape index (κ2) is 7.77. The zero-order valence-corrected chi connectivity index (χ0v) is 22.8. The minimum Gasteiger partial charge on any atom is -0.348 e. The van der Waals surface area contributed by atoms with Crippen molar-refractivity contribution in [3.63, 3.8) is 0 Å². The number of carbonyl (C=O) groups excluding carboxylic acids is 2. The summed E-state index contributed by atoms with van der Waals surface area (Å²) in [5.41, 5.74) is 6.06.